The molecular weight excluding hydrogens is 511 g/mol. The highest BCUT2D eigenvalue weighted by Gasteiger charge is 2.48. The lowest BCUT2D eigenvalue weighted by atomic mass is 9.94. The van der Waals surface area contributed by atoms with Gasteiger partial charge in [0, 0.05) is 19.0 Å². The zero-order valence-corrected chi connectivity index (χ0v) is 21.2. The minimum absolute atomic E-state index is 0.226. The summed E-state index contributed by atoms with van der Waals surface area (Å²) in [6, 6.07) is 12.1. The van der Waals surface area contributed by atoms with Crippen molar-refractivity contribution in [3.8, 4) is 5.75 Å². The molecule has 0 unspecified atom stereocenters. The number of anilines is 1. The molecule has 2 atom stereocenters. The third-order valence-corrected chi connectivity index (χ3v) is 8.79. The van der Waals surface area contributed by atoms with Crippen LogP contribution < -0.4 is 9.75 Å². The first-order chi connectivity index (χ1) is 17.4. The summed E-state index contributed by atoms with van der Waals surface area (Å²) >= 11 is 0. The third kappa shape index (κ3) is 5.74. The second-order valence-corrected chi connectivity index (χ2v) is 11.2. The monoisotopic (exact) mass is 539 g/mol. The van der Waals surface area contributed by atoms with Crippen molar-refractivity contribution in [2.75, 3.05) is 18.1 Å². The van der Waals surface area contributed by atoms with Gasteiger partial charge in [-0.05, 0) is 55.7 Å². The lowest BCUT2D eigenvalue weighted by Gasteiger charge is -2.32. The number of hydrogen-bond acceptors (Lipinski definition) is 6. The molecule has 2 heterocycles. The molecule has 0 saturated carbocycles. The molecule has 2 aromatic carbocycles. The number of carboxylic acids is 1. The zero-order chi connectivity index (χ0) is 27.0. The van der Waals surface area contributed by atoms with Crippen molar-refractivity contribution >= 4 is 27.4 Å². The summed E-state index contributed by atoms with van der Waals surface area (Å²) in [4.78, 5) is 11.6. The summed E-state index contributed by atoms with van der Waals surface area (Å²) in [7, 11) is -3.60. The zero-order valence-electron chi connectivity index (χ0n) is 20.4. The van der Waals surface area contributed by atoms with Crippen molar-refractivity contribution in [2.45, 2.75) is 56.3 Å². The Morgan fingerprint density at radius 3 is 2.30 bits per heavy atom. The molecule has 0 aromatic heterocycles. The summed E-state index contributed by atoms with van der Waals surface area (Å²) < 4.78 is 73.6. The van der Waals surface area contributed by atoms with E-state index in [0.717, 1.165) is 5.01 Å². The maximum atomic E-state index is 13.4. The maximum Gasteiger partial charge on any atom is 0.431 e. The molecule has 12 heteroatoms. The molecule has 37 heavy (non-hydrogen) atoms. The van der Waals surface area contributed by atoms with Crippen LogP contribution in [-0.4, -0.2) is 60.9 Å². The van der Waals surface area contributed by atoms with Crippen molar-refractivity contribution in [1.82, 2.24) is 4.31 Å². The highest BCUT2D eigenvalue weighted by Crippen LogP contribution is 2.37. The van der Waals surface area contributed by atoms with Gasteiger partial charge in [-0.1, -0.05) is 25.1 Å². The number of hydrazone groups is 1. The molecule has 0 bridgehead atoms. The van der Waals surface area contributed by atoms with Crippen molar-refractivity contribution < 1.29 is 36.2 Å². The lowest BCUT2D eigenvalue weighted by Crippen LogP contribution is -2.41. The average molecular weight is 540 g/mol. The van der Waals surface area contributed by atoms with Crippen LogP contribution in [0, 0.1) is 12.8 Å². The quantitative estimate of drug-likeness (QED) is 0.559. The number of benzene rings is 2. The van der Waals surface area contributed by atoms with E-state index in [9.17, 15) is 31.5 Å². The predicted molar refractivity (Wildman–Crippen MR) is 131 cm³/mol. The smallest absolute Gasteiger partial charge is 0.431 e. The van der Waals surface area contributed by atoms with Gasteiger partial charge in [0.25, 0.3) is 0 Å². The van der Waals surface area contributed by atoms with Gasteiger partial charge < -0.3 is 9.84 Å². The normalized spacial score (nSPS) is 21.6. The van der Waals surface area contributed by atoms with E-state index in [1.54, 1.807) is 43.3 Å². The van der Waals surface area contributed by atoms with Gasteiger partial charge in [-0.25, -0.2) is 8.42 Å². The number of ether oxygens (including phenoxy) is 1. The number of alkyl halides is 3. The SMILES string of the molecule is Cc1ccccc1S(=O)(=O)N1CCC(Oc2ccc(N3N=C(C(F)(F)F)[C@@H](C)[C@@H]3CC(=O)O)cc2)CC1. The minimum atomic E-state index is -4.66. The first-order valence-electron chi connectivity index (χ1n) is 11.9. The average Bonchev–Trinajstić information content (AvgIpc) is 3.16. The first-order valence-corrected chi connectivity index (χ1v) is 13.3. The molecule has 1 fully saturated rings. The van der Waals surface area contributed by atoms with Crippen molar-refractivity contribution in [3.63, 3.8) is 0 Å². The fraction of sp³-hybridized carbons (Fsp3) is 0.440. The number of carboxylic acid groups (broad SMARTS) is 1. The van der Waals surface area contributed by atoms with Gasteiger partial charge in [0.1, 0.15) is 17.6 Å². The number of sulfonamides is 1. The Morgan fingerprint density at radius 2 is 1.73 bits per heavy atom. The number of rotatable bonds is 7. The topological polar surface area (TPSA) is 99.5 Å². The van der Waals surface area contributed by atoms with Gasteiger partial charge in [0.15, 0.2) is 0 Å². The van der Waals surface area contributed by atoms with Crippen LogP contribution in [0.2, 0.25) is 0 Å². The lowest BCUT2D eigenvalue weighted by molar-refractivity contribution is -0.137. The minimum Gasteiger partial charge on any atom is -0.490 e. The van der Waals surface area contributed by atoms with Crippen LogP contribution in [0.25, 0.3) is 0 Å². The second kappa shape index (κ2) is 10.3. The molecule has 1 saturated heterocycles. The molecule has 2 aliphatic heterocycles. The highest BCUT2D eigenvalue weighted by atomic mass is 32.2. The second-order valence-electron chi connectivity index (χ2n) is 9.26. The Hall–Kier alpha value is -3.12. The fourth-order valence-corrected chi connectivity index (χ4v) is 6.42. The van der Waals surface area contributed by atoms with Gasteiger partial charge in [-0.3, -0.25) is 9.80 Å². The van der Waals surface area contributed by atoms with E-state index in [4.69, 9.17) is 4.74 Å². The Labute approximate surface area is 213 Å². The van der Waals surface area contributed by atoms with E-state index in [1.165, 1.54) is 23.4 Å². The molecule has 4 rings (SSSR count). The molecule has 0 amide bonds. The molecular formula is C25H28F3N3O5S. The van der Waals surface area contributed by atoms with E-state index >= 15 is 0 Å². The van der Waals surface area contributed by atoms with Crippen LogP contribution in [0.1, 0.15) is 31.7 Å². The van der Waals surface area contributed by atoms with Gasteiger partial charge in [0.05, 0.1) is 23.0 Å². The summed E-state index contributed by atoms with van der Waals surface area (Å²) in [5.74, 6) is -1.84. The summed E-state index contributed by atoms with van der Waals surface area (Å²) in [6.45, 7) is 3.69. The summed E-state index contributed by atoms with van der Waals surface area (Å²) in [5, 5.41) is 14.0. The highest BCUT2D eigenvalue weighted by molar-refractivity contribution is 7.89. The van der Waals surface area contributed by atoms with Crippen LogP contribution >= 0.6 is 0 Å². The Kier molecular flexibility index (Phi) is 7.52. The molecule has 2 aliphatic rings. The van der Waals surface area contributed by atoms with Crippen LogP contribution in [0.15, 0.2) is 58.5 Å². The molecule has 0 aliphatic carbocycles. The number of piperidine rings is 1. The van der Waals surface area contributed by atoms with Crippen molar-refractivity contribution in [3.05, 3.63) is 54.1 Å². The summed E-state index contributed by atoms with van der Waals surface area (Å²) in [5.41, 5.74) is 0.000899. The predicted octanol–water partition coefficient (Wildman–Crippen LogP) is 4.44. The van der Waals surface area contributed by atoms with Gasteiger partial charge >= 0.3 is 12.1 Å². The van der Waals surface area contributed by atoms with Crippen molar-refractivity contribution in [2.24, 2.45) is 11.0 Å². The van der Waals surface area contributed by atoms with E-state index in [-0.39, 0.29) is 6.10 Å². The van der Waals surface area contributed by atoms with E-state index in [0.29, 0.717) is 47.8 Å². The molecule has 0 radical (unpaired) electrons. The standard InChI is InChI=1S/C25H28F3N3O5S/c1-16-5-3-4-6-22(16)37(34,35)30-13-11-20(12-14-30)36-19-9-7-18(8-10-19)31-21(15-23(32)33)17(2)24(29-31)25(26,27)28/h3-10,17,20-21H,11-15H2,1-2H3,(H,32,33)/t17-,21-/m0/s1. The summed E-state index contributed by atoms with van der Waals surface area (Å²) in [6.07, 6.45) is -4.41. The van der Waals surface area contributed by atoms with Gasteiger partial charge in [-0.2, -0.15) is 22.6 Å². The largest absolute Gasteiger partial charge is 0.490 e. The third-order valence-electron chi connectivity index (χ3n) is 6.73. The van der Waals surface area contributed by atoms with Gasteiger partial charge in [-0.15, -0.1) is 0 Å². The molecule has 0 spiro atoms. The number of carbonyl (C=O) groups is 1. The van der Waals surface area contributed by atoms with Crippen LogP contribution in [-0.2, 0) is 14.8 Å². The molecule has 200 valence electrons. The number of halogens is 3. The number of hydrogen-bond donors (Lipinski definition) is 1. The Balaban J connectivity index is 1.41. The number of nitrogens with zero attached hydrogens (tertiary/aromatic N) is 3. The van der Waals surface area contributed by atoms with Crippen LogP contribution in [0.5, 0.6) is 5.75 Å². The van der Waals surface area contributed by atoms with Gasteiger partial charge in [0.2, 0.25) is 10.0 Å². The van der Waals surface area contributed by atoms with Crippen LogP contribution in [0.3, 0.4) is 0 Å². The molecule has 2 aromatic rings. The fourth-order valence-electron chi connectivity index (χ4n) is 4.73. The molecule has 8 nitrogen and oxygen atoms in total. The maximum absolute atomic E-state index is 13.4. The number of aryl methyl sites for hydroxylation is 1. The van der Waals surface area contributed by atoms with E-state index in [1.807, 2.05) is 0 Å². The first kappa shape index (κ1) is 26.9. The Morgan fingerprint density at radius 1 is 1.11 bits per heavy atom. The number of aliphatic carboxylic acids is 1. The van der Waals surface area contributed by atoms with Crippen molar-refractivity contribution in [1.29, 1.82) is 0 Å². The Bertz CT molecular complexity index is 1270. The van der Waals surface area contributed by atoms with E-state index < -0.39 is 46.3 Å². The van der Waals surface area contributed by atoms with E-state index in [2.05, 4.69) is 5.10 Å². The molecule has 1 N–H and O–H groups in total. The van der Waals surface area contributed by atoms with Crippen LogP contribution in [0.4, 0.5) is 18.9 Å².